The summed E-state index contributed by atoms with van der Waals surface area (Å²) in [7, 11) is 0. The molecule has 1 saturated heterocycles. The van der Waals surface area contributed by atoms with Gasteiger partial charge in [-0.1, -0.05) is 42.5 Å². The first-order chi connectivity index (χ1) is 17.0. The quantitative estimate of drug-likeness (QED) is 0.235. The highest BCUT2D eigenvalue weighted by atomic mass is 32.2. The smallest absolute Gasteiger partial charge is 0.271 e. The zero-order valence-electron chi connectivity index (χ0n) is 18.2. The van der Waals surface area contributed by atoms with Crippen LogP contribution < -0.4 is 5.32 Å². The van der Waals surface area contributed by atoms with Gasteiger partial charge in [0, 0.05) is 41.3 Å². The van der Waals surface area contributed by atoms with Crippen LogP contribution in [0, 0.1) is 21.4 Å². The maximum absolute atomic E-state index is 12.6. The largest absolute Gasteiger partial charge is 0.342 e. The lowest BCUT2D eigenvalue weighted by molar-refractivity contribution is -0.384. The normalized spacial score (nSPS) is 15.5. The van der Waals surface area contributed by atoms with Gasteiger partial charge in [-0.15, -0.1) is 0 Å². The molecule has 1 aromatic heterocycles. The number of benzene rings is 3. The summed E-state index contributed by atoms with van der Waals surface area (Å²) in [4.78, 5) is 28.0. The molecule has 0 radical (unpaired) electrons. The Morgan fingerprint density at radius 2 is 1.91 bits per heavy atom. The minimum Gasteiger partial charge on any atom is -0.342 e. The van der Waals surface area contributed by atoms with Crippen LogP contribution in [0.15, 0.2) is 88.9 Å². The van der Waals surface area contributed by atoms with Crippen LogP contribution >= 0.6 is 11.8 Å². The lowest BCUT2D eigenvalue weighted by Crippen LogP contribution is -2.19. The number of nitro benzene ring substituents is 1. The number of thioether (sulfide) groups is 1. The highest BCUT2D eigenvalue weighted by molar-refractivity contribution is 8.18. The molecular formula is C26H17N5O3S. The number of nitriles is 1. The Bertz CT molecular complexity index is 1600. The van der Waals surface area contributed by atoms with Gasteiger partial charge >= 0.3 is 0 Å². The highest BCUT2D eigenvalue weighted by Gasteiger charge is 2.24. The van der Waals surface area contributed by atoms with E-state index in [2.05, 4.69) is 20.9 Å². The molecule has 1 aliphatic rings. The number of carbonyl (C=O) groups excluding carboxylic acids is 1. The molecule has 1 amide bonds. The van der Waals surface area contributed by atoms with E-state index < -0.39 is 4.92 Å². The molecule has 0 saturated carbocycles. The van der Waals surface area contributed by atoms with Crippen molar-refractivity contribution in [3.8, 4) is 6.07 Å². The third kappa shape index (κ3) is 4.55. The fourth-order valence-corrected chi connectivity index (χ4v) is 4.72. The van der Waals surface area contributed by atoms with Gasteiger partial charge in [-0.3, -0.25) is 14.9 Å². The fraction of sp³-hybridized carbons (Fsp3) is 0.0385. The van der Waals surface area contributed by atoms with Crippen LogP contribution in [-0.2, 0) is 11.3 Å². The van der Waals surface area contributed by atoms with Crippen LogP contribution in [-0.4, -0.2) is 20.6 Å². The maximum atomic E-state index is 12.6. The number of carbonyl (C=O) groups is 1. The van der Waals surface area contributed by atoms with Gasteiger partial charge < -0.3 is 9.88 Å². The number of aliphatic imine (C=N–C) groups is 1. The summed E-state index contributed by atoms with van der Waals surface area (Å²) in [6.07, 6.45) is 3.78. The van der Waals surface area contributed by atoms with Gasteiger partial charge in [-0.05, 0) is 41.6 Å². The molecule has 5 rings (SSSR count). The minimum absolute atomic E-state index is 0.0669. The minimum atomic E-state index is -0.486. The van der Waals surface area contributed by atoms with Gasteiger partial charge in [0.1, 0.15) is 0 Å². The standard InChI is InChI=1S/C26H17N5O3S/c27-14-17-6-1-2-7-18(17)15-30-16-19(22-10-3-4-11-23(22)30)12-24-25(32)29-26(35-24)28-20-8-5-9-21(13-20)31(33)34/h1-13,16H,15H2,(H,28,29,32)/b24-12-. The first kappa shape index (κ1) is 22.1. The summed E-state index contributed by atoms with van der Waals surface area (Å²) in [5.74, 6) is -0.286. The molecule has 4 aromatic rings. The number of fused-ring (bicyclic) bond motifs is 1. The molecule has 1 fully saturated rings. The number of amides is 1. The summed E-state index contributed by atoms with van der Waals surface area (Å²) >= 11 is 1.18. The zero-order valence-corrected chi connectivity index (χ0v) is 19.0. The van der Waals surface area contributed by atoms with Crippen molar-refractivity contribution in [2.75, 3.05) is 0 Å². The van der Waals surface area contributed by atoms with Crippen molar-refractivity contribution in [1.29, 1.82) is 5.26 Å². The van der Waals surface area contributed by atoms with E-state index in [1.165, 1.54) is 23.9 Å². The van der Waals surface area contributed by atoms with Crippen molar-refractivity contribution in [2.24, 2.45) is 4.99 Å². The van der Waals surface area contributed by atoms with Crippen molar-refractivity contribution >= 4 is 51.2 Å². The van der Waals surface area contributed by atoms with Crippen LogP contribution in [0.5, 0.6) is 0 Å². The van der Waals surface area contributed by atoms with Gasteiger partial charge in [0.25, 0.3) is 11.6 Å². The number of nitrogens with one attached hydrogen (secondary N) is 1. The van der Waals surface area contributed by atoms with E-state index in [1.54, 1.807) is 18.2 Å². The molecule has 3 aromatic carbocycles. The highest BCUT2D eigenvalue weighted by Crippen LogP contribution is 2.32. The van der Waals surface area contributed by atoms with Gasteiger partial charge in [0.05, 0.1) is 27.1 Å². The van der Waals surface area contributed by atoms with E-state index in [0.717, 1.165) is 22.0 Å². The van der Waals surface area contributed by atoms with E-state index in [9.17, 15) is 20.2 Å². The lowest BCUT2D eigenvalue weighted by atomic mass is 10.1. The molecule has 0 bridgehead atoms. The number of para-hydroxylation sites is 1. The SMILES string of the molecule is N#Cc1ccccc1Cn1cc(/C=C2\SC(=Nc3cccc([N+](=O)[O-])c3)NC2=O)c2ccccc21. The first-order valence-electron chi connectivity index (χ1n) is 10.6. The summed E-state index contributed by atoms with van der Waals surface area (Å²) < 4.78 is 2.06. The molecular weight excluding hydrogens is 462 g/mol. The number of aromatic nitrogens is 1. The van der Waals surface area contributed by atoms with Crippen LogP contribution in [0.2, 0.25) is 0 Å². The Labute approximate surface area is 204 Å². The van der Waals surface area contributed by atoms with Crippen LogP contribution in [0.1, 0.15) is 16.7 Å². The number of hydrogen-bond donors (Lipinski definition) is 1. The first-order valence-corrected chi connectivity index (χ1v) is 11.4. The molecule has 8 nitrogen and oxygen atoms in total. The number of non-ortho nitro benzene ring substituents is 1. The monoisotopic (exact) mass is 479 g/mol. The number of hydrogen-bond acceptors (Lipinski definition) is 6. The molecule has 170 valence electrons. The number of rotatable bonds is 5. The van der Waals surface area contributed by atoms with Crippen LogP contribution in [0.25, 0.3) is 17.0 Å². The Hall–Kier alpha value is -4.68. The van der Waals surface area contributed by atoms with E-state index in [1.807, 2.05) is 54.7 Å². The molecule has 0 aliphatic carbocycles. The summed E-state index contributed by atoms with van der Waals surface area (Å²) in [5, 5.41) is 24.5. The summed E-state index contributed by atoms with van der Waals surface area (Å²) in [6.45, 7) is 0.520. The maximum Gasteiger partial charge on any atom is 0.271 e. The second-order valence-corrected chi connectivity index (χ2v) is 8.79. The van der Waals surface area contributed by atoms with Gasteiger partial charge in [0.2, 0.25) is 0 Å². The number of nitrogens with zero attached hydrogens (tertiary/aromatic N) is 4. The Morgan fingerprint density at radius 1 is 1.11 bits per heavy atom. The molecule has 9 heteroatoms. The Kier molecular flexibility index (Phi) is 5.87. The van der Waals surface area contributed by atoms with Crippen molar-refractivity contribution in [1.82, 2.24) is 9.88 Å². The van der Waals surface area contributed by atoms with Crippen molar-refractivity contribution < 1.29 is 9.72 Å². The third-order valence-corrected chi connectivity index (χ3v) is 6.42. The third-order valence-electron chi connectivity index (χ3n) is 5.51. The molecule has 0 atom stereocenters. The second-order valence-electron chi connectivity index (χ2n) is 7.76. The average molecular weight is 480 g/mol. The molecule has 35 heavy (non-hydrogen) atoms. The second kappa shape index (κ2) is 9.29. The molecule has 2 heterocycles. The van der Waals surface area contributed by atoms with E-state index in [-0.39, 0.29) is 11.6 Å². The van der Waals surface area contributed by atoms with Gasteiger partial charge in [0.15, 0.2) is 5.17 Å². The predicted octanol–water partition coefficient (Wildman–Crippen LogP) is 5.36. The number of nitro groups is 1. The van der Waals surface area contributed by atoms with Crippen molar-refractivity contribution in [3.05, 3.63) is 111 Å². The van der Waals surface area contributed by atoms with Crippen molar-refractivity contribution in [3.63, 3.8) is 0 Å². The van der Waals surface area contributed by atoms with Crippen LogP contribution in [0.4, 0.5) is 11.4 Å². The molecule has 1 aliphatic heterocycles. The molecule has 0 unspecified atom stereocenters. The van der Waals surface area contributed by atoms with Gasteiger partial charge in [-0.2, -0.15) is 5.26 Å². The van der Waals surface area contributed by atoms with E-state index >= 15 is 0 Å². The lowest BCUT2D eigenvalue weighted by Gasteiger charge is -2.07. The molecule has 1 N–H and O–H groups in total. The van der Waals surface area contributed by atoms with E-state index in [0.29, 0.717) is 27.9 Å². The van der Waals surface area contributed by atoms with E-state index in [4.69, 9.17) is 0 Å². The topological polar surface area (TPSA) is 113 Å². The fourth-order valence-electron chi connectivity index (χ4n) is 3.89. The van der Waals surface area contributed by atoms with Crippen molar-refractivity contribution in [2.45, 2.75) is 6.54 Å². The Morgan fingerprint density at radius 3 is 2.74 bits per heavy atom. The zero-order chi connectivity index (χ0) is 24.4. The summed E-state index contributed by atoms with van der Waals surface area (Å²) in [6, 6.07) is 23.5. The number of amidine groups is 1. The average Bonchev–Trinajstić information content (AvgIpc) is 3.39. The predicted molar refractivity (Wildman–Crippen MR) is 136 cm³/mol. The molecule has 0 spiro atoms. The van der Waals surface area contributed by atoms with Crippen LogP contribution in [0.3, 0.4) is 0 Å². The Balaban J connectivity index is 1.47. The van der Waals surface area contributed by atoms with Gasteiger partial charge in [-0.25, -0.2) is 4.99 Å². The summed E-state index contributed by atoms with van der Waals surface area (Å²) in [5.41, 5.74) is 3.70.